The second-order valence-corrected chi connectivity index (χ2v) is 5.86. The highest BCUT2D eigenvalue weighted by Crippen LogP contribution is 2.23. The van der Waals surface area contributed by atoms with Crippen LogP contribution in [0.25, 0.3) is 10.9 Å². The fraction of sp³-hybridized carbons (Fsp3) is 0.267. The fourth-order valence-corrected chi connectivity index (χ4v) is 2.87. The summed E-state index contributed by atoms with van der Waals surface area (Å²) < 4.78 is 0.877. The predicted octanol–water partition coefficient (Wildman–Crippen LogP) is 2.60. The molecule has 1 aromatic heterocycles. The number of halogens is 1. The number of nitrogens with one attached hydrogen (secondary N) is 2. The van der Waals surface area contributed by atoms with Gasteiger partial charge in [-0.1, -0.05) is 12.1 Å². The Hall–Kier alpha value is -1.95. The number of rotatable bonds is 2. The van der Waals surface area contributed by atoms with E-state index in [1.54, 1.807) is 6.07 Å². The highest BCUT2D eigenvalue weighted by Gasteiger charge is 2.24. The van der Waals surface area contributed by atoms with Crippen molar-refractivity contribution in [3.05, 3.63) is 34.8 Å². The molecule has 21 heavy (non-hydrogen) atoms. The topological polar surface area (TPSA) is 71.1 Å². The van der Waals surface area contributed by atoms with Crippen LogP contribution in [0.1, 0.15) is 19.3 Å². The Morgan fingerprint density at radius 3 is 3.00 bits per heavy atom. The van der Waals surface area contributed by atoms with Gasteiger partial charge in [0.25, 0.3) is 0 Å². The molecular weight excluding hydrogens is 334 g/mol. The monoisotopic (exact) mass is 347 g/mol. The Morgan fingerprint density at radius 1 is 1.33 bits per heavy atom. The van der Waals surface area contributed by atoms with Crippen molar-refractivity contribution in [3.63, 3.8) is 0 Å². The van der Waals surface area contributed by atoms with Crippen molar-refractivity contribution in [2.45, 2.75) is 25.3 Å². The van der Waals surface area contributed by atoms with Gasteiger partial charge in [-0.3, -0.25) is 9.59 Å². The zero-order valence-electron chi connectivity index (χ0n) is 11.2. The van der Waals surface area contributed by atoms with Gasteiger partial charge in [0.05, 0.1) is 5.52 Å². The van der Waals surface area contributed by atoms with Crippen molar-refractivity contribution in [2.24, 2.45) is 0 Å². The maximum absolute atomic E-state index is 12.2. The van der Waals surface area contributed by atoms with Crippen LogP contribution in [0, 0.1) is 0 Å². The number of hydrogen-bond acceptors (Lipinski definition) is 3. The Morgan fingerprint density at radius 2 is 2.19 bits per heavy atom. The number of carbonyl (C=O) groups excluding carboxylic acids is 2. The number of piperidine rings is 1. The first-order valence-corrected chi connectivity index (χ1v) is 7.58. The Balaban J connectivity index is 1.79. The van der Waals surface area contributed by atoms with E-state index in [0.29, 0.717) is 18.7 Å². The Labute approximate surface area is 130 Å². The number of benzene rings is 1. The highest BCUT2D eigenvalue weighted by molar-refractivity contribution is 9.10. The molecule has 1 unspecified atom stereocenters. The van der Waals surface area contributed by atoms with E-state index in [0.717, 1.165) is 21.8 Å². The molecule has 1 aliphatic rings. The quantitative estimate of drug-likeness (QED) is 0.876. The Bertz CT molecular complexity index is 717. The zero-order chi connectivity index (χ0) is 14.8. The third-order valence-corrected chi connectivity index (χ3v) is 4.11. The number of nitrogens with zero attached hydrogens (tertiary/aromatic N) is 1. The molecule has 1 aromatic carbocycles. The molecule has 0 bridgehead atoms. The van der Waals surface area contributed by atoms with Crippen LogP contribution in [0.15, 0.2) is 34.8 Å². The second kappa shape index (κ2) is 5.81. The van der Waals surface area contributed by atoms with Gasteiger partial charge in [-0.25, -0.2) is 4.98 Å². The second-order valence-electron chi connectivity index (χ2n) is 5.01. The van der Waals surface area contributed by atoms with E-state index in [1.807, 2.05) is 24.3 Å². The summed E-state index contributed by atoms with van der Waals surface area (Å²) in [6, 6.07) is 8.99. The standard InChI is InChI=1S/C15H14BrN3O2/c16-10-4-1-3-9-7-8-12(18-14(9)10)19-15(21)11-5-2-6-13(20)17-11/h1,3-4,7-8,11H,2,5-6H2,(H,17,20)(H,18,19,21). The molecule has 2 N–H and O–H groups in total. The minimum absolute atomic E-state index is 0.0735. The number of hydrogen-bond donors (Lipinski definition) is 2. The number of aromatic nitrogens is 1. The number of amides is 2. The summed E-state index contributed by atoms with van der Waals surface area (Å²) in [5.74, 6) is 0.191. The summed E-state index contributed by atoms with van der Waals surface area (Å²) in [4.78, 5) is 27.9. The highest BCUT2D eigenvalue weighted by atomic mass is 79.9. The molecule has 2 aromatic rings. The van der Waals surface area contributed by atoms with Crippen molar-refractivity contribution in [2.75, 3.05) is 5.32 Å². The van der Waals surface area contributed by atoms with E-state index in [4.69, 9.17) is 0 Å². The number of carbonyl (C=O) groups is 2. The molecule has 1 fully saturated rings. The Kier molecular flexibility index (Phi) is 3.88. The van der Waals surface area contributed by atoms with Gasteiger partial charge in [0, 0.05) is 16.3 Å². The van der Waals surface area contributed by atoms with Crippen molar-refractivity contribution >= 4 is 44.5 Å². The molecule has 1 atom stereocenters. The van der Waals surface area contributed by atoms with E-state index in [2.05, 4.69) is 31.5 Å². The molecule has 3 rings (SSSR count). The average Bonchev–Trinajstić information content (AvgIpc) is 2.48. The minimum Gasteiger partial charge on any atom is -0.344 e. The van der Waals surface area contributed by atoms with Crippen molar-refractivity contribution in [1.29, 1.82) is 0 Å². The van der Waals surface area contributed by atoms with Crippen molar-refractivity contribution < 1.29 is 9.59 Å². The molecule has 5 nitrogen and oxygen atoms in total. The van der Waals surface area contributed by atoms with Gasteiger partial charge in [0.1, 0.15) is 11.9 Å². The SMILES string of the molecule is O=C1CCCC(C(=O)Nc2ccc3cccc(Br)c3n2)N1. The van der Waals surface area contributed by atoms with Crippen LogP contribution in [0.4, 0.5) is 5.82 Å². The first-order chi connectivity index (χ1) is 10.1. The largest absolute Gasteiger partial charge is 0.344 e. The number of pyridine rings is 1. The van der Waals surface area contributed by atoms with Gasteiger partial charge in [-0.15, -0.1) is 0 Å². The van der Waals surface area contributed by atoms with E-state index >= 15 is 0 Å². The minimum atomic E-state index is -0.469. The van der Waals surface area contributed by atoms with Crippen LogP contribution < -0.4 is 10.6 Å². The van der Waals surface area contributed by atoms with Gasteiger partial charge in [-0.2, -0.15) is 0 Å². The van der Waals surface area contributed by atoms with E-state index in [-0.39, 0.29) is 11.8 Å². The molecule has 0 saturated carbocycles. The lowest BCUT2D eigenvalue weighted by Crippen LogP contribution is -2.46. The third kappa shape index (κ3) is 3.05. The average molecular weight is 348 g/mol. The first kappa shape index (κ1) is 14.0. The van der Waals surface area contributed by atoms with Crippen LogP contribution in [0.3, 0.4) is 0 Å². The van der Waals surface area contributed by atoms with Gasteiger partial charge >= 0.3 is 0 Å². The van der Waals surface area contributed by atoms with E-state index in [9.17, 15) is 9.59 Å². The van der Waals surface area contributed by atoms with Gasteiger partial charge in [0.15, 0.2) is 0 Å². The lowest BCUT2D eigenvalue weighted by atomic mass is 10.0. The molecule has 6 heteroatoms. The van der Waals surface area contributed by atoms with Gasteiger partial charge in [0.2, 0.25) is 11.8 Å². The predicted molar refractivity (Wildman–Crippen MR) is 83.9 cm³/mol. The summed E-state index contributed by atoms with van der Waals surface area (Å²) in [6.07, 6.45) is 1.89. The van der Waals surface area contributed by atoms with Crippen LogP contribution >= 0.6 is 15.9 Å². The maximum Gasteiger partial charge on any atom is 0.248 e. The number of anilines is 1. The molecular formula is C15H14BrN3O2. The summed E-state index contributed by atoms with van der Waals surface area (Å²) in [5, 5.41) is 6.46. The third-order valence-electron chi connectivity index (χ3n) is 3.47. The molecule has 1 saturated heterocycles. The molecule has 2 heterocycles. The van der Waals surface area contributed by atoms with Gasteiger partial charge < -0.3 is 10.6 Å². The lowest BCUT2D eigenvalue weighted by molar-refractivity contribution is -0.128. The van der Waals surface area contributed by atoms with Gasteiger partial charge in [-0.05, 0) is 47.0 Å². The molecule has 0 aliphatic carbocycles. The molecule has 2 amide bonds. The zero-order valence-corrected chi connectivity index (χ0v) is 12.8. The number of para-hydroxylation sites is 1. The summed E-state index contributed by atoms with van der Waals surface area (Å²) in [7, 11) is 0. The normalized spacial score (nSPS) is 18.3. The van der Waals surface area contributed by atoms with Crippen molar-refractivity contribution in [3.8, 4) is 0 Å². The van der Waals surface area contributed by atoms with E-state index < -0.39 is 6.04 Å². The summed E-state index contributed by atoms with van der Waals surface area (Å²) in [6.45, 7) is 0. The molecule has 1 aliphatic heterocycles. The van der Waals surface area contributed by atoms with Crippen LogP contribution in [-0.4, -0.2) is 22.8 Å². The van der Waals surface area contributed by atoms with Crippen LogP contribution in [0.2, 0.25) is 0 Å². The molecule has 0 radical (unpaired) electrons. The first-order valence-electron chi connectivity index (χ1n) is 6.79. The summed E-state index contributed by atoms with van der Waals surface area (Å²) >= 11 is 3.45. The number of fused-ring (bicyclic) bond motifs is 1. The maximum atomic E-state index is 12.2. The molecule has 0 spiro atoms. The van der Waals surface area contributed by atoms with E-state index in [1.165, 1.54) is 0 Å². The van der Waals surface area contributed by atoms with Crippen LogP contribution in [-0.2, 0) is 9.59 Å². The lowest BCUT2D eigenvalue weighted by Gasteiger charge is -2.22. The molecule has 108 valence electrons. The fourth-order valence-electron chi connectivity index (χ4n) is 2.40. The van der Waals surface area contributed by atoms with Crippen LogP contribution in [0.5, 0.6) is 0 Å². The smallest absolute Gasteiger partial charge is 0.248 e. The summed E-state index contributed by atoms with van der Waals surface area (Å²) in [5.41, 5.74) is 0.794. The van der Waals surface area contributed by atoms with Crippen molar-refractivity contribution in [1.82, 2.24) is 10.3 Å².